The second-order valence-corrected chi connectivity index (χ2v) is 20.5. The van der Waals surface area contributed by atoms with E-state index in [1.165, 1.54) is 18.3 Å². The number of carbonyl (C=O) groups excluding carboxylic acids is 3. The number of likely N-dealkylation sites (N-methyl/N-ethyl adjacent to an activating group) is 1. The second kappa shape index (κ2) is 20.9. The minimum absolute atomic E-state index is 0.0609. The zero-order valence-electron chi connectivity index (χ0n) is 40.4. The van der Waals surface area contributed by atoms with Crippen LogP contribution in [0.25, 0.3) is 10.8 Å². The van der Waals surface area contributed by atoms with Gasteiger partial charge in [-0.15, -0.1) is 11.3 Å². The van der Waals surface area contributed by atoms with Gasteiger partial charge in [-0.05, 0) is 84.5 Å². The Morgan fingerprint density at radius 1 is 1.06 bits per heavy atom. The van der Waals surface area contributed by atoms with E-state index < -0.39 is 71.5 Å². The third-order valence-corrected chi connectivity index (χ3v) is 15.2. The Morgan fingerprint density at radius 2 is 1.82 bits per heavy atom. The molecule has 0 unspecified atom stereocenters. The highest BCUT2D eigenvalue weighted by Crippen LogP contribution is 2.44. The summed E-state index contributed by atoms with van der Waals surface area (Å²) in [6.45, 7) is 15.7. The summed E-state index contributed by atoms with van der Waals surface area (Å²) >= 11 is 1.46. The van der Waals surface area contributed by atoms with E-state index in [2.05, 4.69) is 23.7 Å². The molecule has 1 aromatic carbocycles. The van der Waals surface area contributed by atoms with E-state index in [1.807, 2.05) is 96.2 Å². The van der Waals surface area contributed by atoms with Gasteiger partial charge in [-0.25, -0.2) is 4.79 Å². The number of Topliss-reactive ketones (excluding diaryl/α,β-unsaturated/α-hetero) is 1. The van der Waals surface area contributed by atoms with Gasteiger partial charge in [0.1, 0.15) is 31.3 Å². The van der Waals surface area contributed by atoms with Gasteiger partial charge in [0.2, 0.25) is 0 Å². The summed E-state index contributed by atoms with van der Waals surface area (Å²) in [6.07, 6.45) is 0.234. The number of cyclic esters (lactones) is 1. The summed E-state index contributed by atoms with van der Waals surface area (Å²) < 4.78 is 38.3. The molecule has 4 aliphatic rings. The quantitative estimate of drug-likeness (QED) is 0.0711. The molecule has 13 atom stereocenters. The molecule has 16 heteroatoms. The van der Waals surface area contributed by atoms with Crippen molar-refractivity contribution in [1.29, 1.82) is 5.41 Å². The number of carbonyl (C=O) groups is 3. The Morgan fingerprint density at radius 3 is 2.57 bits per heavy atom. The number of aliphatic hydroxyl groups excluding tert-OH is 1. The fraction of sp³-hybridized carbons (Fsp3) is 0.608. The molecule has 3 fully saturated rings. The van der Waals surface area contributed by atoms with Crippen molar-refractivity contribution in [1.82, 2.24) is 14.8 Å². The lowest BCUT2D eigenvalue weighted by atomic mass is 9.73. The van der Waals surface area contributed by atoms with Crippen LogP contribution in [0.4, 0.5) is 4.79 Å². The molecule has 4 aliphatic heterocycles. The highest BCUT2D eigenvalue weighted by Gasteiger charge is 2.60. The van der Waals surface area contributed by atoms with Crippen molar-refractivity contribution < 1.29 is 47.9 Å². The largest absolute Gasteiger partial charge is 0.476 e. The number of nitrogens with one attached hydrogen (secondary N) is 1. The van der Waals surface area contributed by atoms with Gasteiger partial charge >= 0.3 is 12.1 Å². The van der Waals surface area contributed by atoms with E-state index in [0.29, 0.717) is 38.8 Å². The van der Waals surface area contributed by atoms with Crippen LogP contribution in [-0.4, -0.2) is 137 Å². The molecule has 6 heterocycles. The molecule has 0 spiro atoms. The number of rotatable bonds is 10. The lowest BCUT2D eigenvalue weighted by Gasteiger charge is -2.47. The van der Waals surface area contributed by atoms with E-state index in [1.54, 1.807) is 18.0 Å². The van der Waals surface area contributed by atoms with Crippen molar-refractivity contribution in [2.45, 2.75) is 142 Å². The normalized spacial score (nSPS) is 33.8. The molecule has 2 N–H and O–H groups in total. The Hall–Kier alpha value is -4.76. The average molecular weight is 942 g/mol. The van der Waals surface area contributed by atoms with Crippen LogP contribution in [0.3, 0.4) is 0 Å². The lowest BCUT2D eigenvalue weighted by molar-refractivity contribution is -0.296. The SMILES string of the molecule is CC[C@@H]1OC(=O)[C@H](C)C(=O)[C@H](C)[C@@H](O[C@@H]2O[C@H](C)C[C@H](N(C)C)[C@H]2O)[C@@](C)(OCC#Cc2ccc(CC(=N)OCc3cncc4ccccc34)s2)C[C@@H](C)C2=NCCN3C(=O)O[C@@]1(C)[C@H]3[C@@H]2C. The predicted octanol–water partition coefficient (Wildman–Crippen LogP) is 6.84. The Kier molecular flexibility index (Phi) is 15.6. The van der Waals surface area contributed by atoms with Gasteiger partial charge in [0.05, 0.1) is 41.7 Å². The maximum absolute atomic E-state index is 14.7. The van der Waals surface area contributed by atoms with Gasteiger partial charge in [0.25, 0.3) is 0 Å². The number of amides is 1. The number of aromatic nitrogens is 1. The first-order valence-corrected chi connectivity index (χ1v) is 24.3. The first-order valence-electron chi connectivity index (χ1n) is 23.5. The van der Waals surface area contributed by atoms with Gasteiger partial charge < -0.3 is 38.4 Å². The summed E-state index contributed by atoms with van der Waals surface area (Å²) in [6, 6.07) is 11.0. The first kappa shape index (κ1) is 50.1. The highest BCUT2D eigenvalue weighted by molar-refractivity contribution is 7.12. The van der Waals surface area contributed by atoms with Crippen molar-refractivity contribution in [3.8, 4) is 11.8 Å². The fourth-order valence-corrected chi connectivity index (χ4v) is 11.7. The standard InChI is InChI=1S/C51H67N5O10S/c1-11-40-51(8)45-31(4)42(54-20-21-56(45)49(60)66-51)29(2)25-50(7,46(32(5)43(57)33(6)47(59)64-40)65-48-44(58)39(55(9)10)23-30(3)63-48)62-22-14-16-36-18-19-37(67-36)24-41(52)61-28-35-27-53-26-34-15-12-13-17-38(34)35/h12-13,15,17-19,26-27,29-33,39-40,44-46,48,52,58H,11,20-25,28H2,1-10H3/t29-,30-,31-,32+,33-,39+,40+,44-,45-,46-,48+,50+,51-/m1/s1. The van der Waals surface area contributed by atoms with Crippen molar-refractivity contribution in [2.75, 3.05) is 33.8 Å². The van der Waals surface area contributed by atoms with Crippen LogP contribution >= 0.6 is 11.3 Å². The Labute approximate surface area is 398 Å². The van der Waals surface area contributed by atoms with Gasteiger partial charge in [-0.1, -0.05) is 63.8 Å². The monoisotopic (exact) mass is 941 g/mol. The van der Waals surface area contributed by atoms with E-state index in [-0.39, 0.29) is 43.1 Å². The predicted molar refractivity (Wildman–Crippen MR) is 255 cm³/mol. The smallest absolute Gasteiger partial charge is 0.410 e. The number of hydrogen-bond donors (Lipinski definition) is 2. The summed E-state index contributed by atoms with van der Waals surface area (Å²) in [5.41, 5.74) is -0.756. The van der Waals surface area contributed by atoms with Crippen molar-refractivity contribution >= 4 is 51.6 Å². The molecule has 3 aromatic rings. The number of hydrogen-bond acceptors (Lipinski definition) is 15. The number of thiophene rings is 1. The third-order valence-electron chi connectivity index (χ3n) is 14.2. The molecular weight excluding hydrogens is 875 g/mol. The molecule has 0 radical (unpaired) electrons. The molecule has 15 nitrogen and oxygen atoms in total. The fourth-order valence-electron chi connectivity index (χ4n) is 10.8. The minimum Gasteiger partial charge on any atom is -0.476 e. The molecule has 1 amide bonds. The van der Waals surface area contributed by atoms with Crippen LogP contribution in [0.5, 0.6) is 0 Å². The topological polar surface area (TPSA) is 182 Å². The number of pyridine rings is 1. The number of aliphatic hydroxyl groups is 1. The molecule has 2 bridgehead atoms. The molecule has 2 aromatic heterocycles. The summed E-state index contributed by atoms with van der Waals surface area (Å²) in [7, 11) is 3.79. The number of ketones is 1. The van der Waals surface area contributed by atoms with Crippen LogP contribution in [-0.2, 0) is 51.0 Å². The summed E-state index contributed by atoms with van der Waals surface area (Å²) in [4.78, 5) is 57.1. The molecule has 362 valence electrons. The molecule has 7 rings (SSSR count). The molecule has 0 saturated carbocycles. The Bertz CT molecular complexity index is 2390. The molecule has 0 aliphatic carbocycles. The van der Waals surface area contributed by atoms with Gasteiger partial charge in [-0.3, -0.25) is 29.9 Å². The van der Waals surface area contributed by atoms with Crippen LogP contribution in [0.15, 0.2) is 53.8 Å². The number of ether oxygens (including phenoxy) is 6. The summed E-state index contributed by atoms with van der Waals surface area (Å²) in [5.74, 6) is 2.59. The van der Waals surface area contributed by atoms with Crippen molar-refractivity contribution in [3.63, 3.8) is 0 Å². The van der Waals surface area contributed by atoms with Crippen molar-refractivity contribution in [3.05, 3.63) is 64.1 Å². The summed E-state index contributed by atoms with van der Waals surface area (Å²) in [5, 5.41) is 22.4. The number of nitrogens with zero attached hydrogens (tertiary/aromatic N) is 4. The van der Waals surface area contributed by atoms with Crippen LogP contribution in [0, 0.1) is 40.9 Å². The minimum atomic E-state index is -1.29. The molecular formula is C51H67N5O10S. The van der Waals surface area contributed by atoms with E-state index in [4.69, 9.17) is 38.8 Å². The number of fused-ring (bicyclic) bond motifs is 2. The van der Waals surface area contributed by atoms with Crippen LogP contribution < -0.4 is 0 Å². The zero-order chi connectivity index (χ0) is 48.4. The number of benzene rings is 1. The number of esters is 1. The lowest BCUT2D eigenvalue weighted by Crippen LogP contribution is -2.60. The van der Waals surface area contributed by atoms with Crippen LogP contribution in [0.2, 0.25) is 0 Å². The highest BCUT2D eigenvalue weighted by atomic mass is 32.1. The van der Waals surface area contributed by atoms with E-state index >= 15 is 0 Å². The third kappa shape index (κ3) is 10.6. The molecule has 3 saturated heterocycles. The maximum atomic E-state index is 14.7. The Balaban J connectivity index is 1.17. The van der Waals surface area contributed by atoms with Gasteiger partial charge in [0.15, 0.2) is 23.6 Å². The van der Waals surface area contributed by atoms with Crippen molar-refractivity contribution in [2.24, 2.45) is 28.7 Å². The number of aliphatic imine (C=N–C) groups is 1. The van der Waals surface area contributed by atoms with E-state index in [0.717, 1.165) is 31.8 Å². The molecule has 67 heavy (non-hydrogen) atoms. The van der Waals surface area contributed by atoms with Gasteiger partial charge in [-0.2, -0.15) is 0 Å². The van der Waals surface area contributed by atoms with E-state index in [9.17, 15) is 19.5 Å². The first-order chi connectivity index (χ1) is 31.8. The maximum Gasteiger partial charge on any atom is 0.410 e. The van der Waals surface area contributed by atoms with Crippen LogP contribution in [0.1, 0.15) is 90.0 Å². The average Bonchev–Trinajstić information content (AvgIpc) is 3.78. The van der Waals surface area contributed by atoms with Gasteiger partial charge in [0, 0.05) is 58.4 Å². The second-order valence-electron chi connectivity index (χ2n) is 19.3. The zero-order valence-corrected chi connectivity index (χ0v) is 41.3.